The van der Waals surface area contributed by atoms with Crippen molar-refractivity contribution >= 4 is 28.2 Å². The number of anilines is 2. The zero-order valence-corrected chi connectivity index (χ0v) is 20.1. The Balaban J connectivity index is 1.25. The highest BCUT2D eigenvalue weighted by Gasteiger charge is 2.25. The number of hydrogen-bond acceptors (Lipinski definition) is 7. The number of likely N-dealkylation sites (tertiary alicyclic amines) is 1. The van der Waals surface area contributed by atoms with Crippen LogP contribution in [0.3, 0.4) is 0 Å². The quantitative estimate of drug-likeness (QED) is 0.477. The maximum atomic E-state index is 12.8. The van der Waals surface area contributed by atoms with Crippen molar-refractivity contribution in [3.05, 3.63) is 54.2 Å². The Hall–Kier alpha value is -3.36. The zero-order chi connectivity index (χ0) is 24.0. The summed E-state index contributed by atoms with van der Waals surface area (Å²) in [6.07, 6.45) is 2.09. The van der Waals surface area contributed by atoms with Crippen molar-refractivity contribution in [2.75, 3.05) is 63.7 Å². The molecule has 3 heterocycles. The molecule has 1 atom stereocenters. The number of rotatable bonds is 8. The van der Waals surface area contributed by atoms with Crippen LogP contribution in [0.15, 0.2) is 48.5 Å². The van der Waals surface area contributed by atoms with Gasteiger partial charge < -0.3 is 24.8 Å². The molecule has 1 fully saturated rings. The number of methoxy groups -OCH3 is 1. The van der Waals surface area contributed by atoms with E-state index >= 15 is 0 Å². The molecule has 8 nitrogen and oxygen atoms in total. The van der Waals surface area contributed by atoms with Crippen LogP contribution in [0.25, 0.3) is 10.8 Å². The molecule has 2 aromatic carbocycles. The molecule has 2 aliphatic heterocycles. The smallest absolute Gasteiger partial charge is 0.238 e. The van der Waals surface area contributed by atoms with Crippen LogP contribution in [-0.2, 0) is 9.53 Å². The minimum Gasteiger partial charge on any atom is -0.486 e. The van der Waals surface area contributed by atoms with Crippen LogP contribution >= 0.6 is 0 Å². The van der Waals surface area contributed by atoms with Crippen LogP contribution in [-0.4, -0.2) is 68.9 Å². The molecule has 0 unspecified atom stereocenters. The third-order valence-electron chi connectivity index (χ3n) is 6.48. The first-order valence-electron chi connectivity index (χ1n) is 12.2. The number of benzene rings is 2. The van der Waals surface area contributed by atoms with Gasteiger partial charge in [0.05, 0.1) is 13.2 Å². The fourth-order valence-electron chi connectivity index (χ4n) is 4.80. The molecule has 35 heavy (non-hydrogen) atoms. The second kappa shape index (κ2) is 10.9. The first-order valence-corrected chi connectivity index (χ1v) is 12.2. The summed E-state index contributed by atoms with van der Waals surface area (Å²) in [7, 11) is 1.70. The fourth-order valence-corrected chi connectivity index (χ4v) is 4.80. The third-order valence-corrected chi connectivity index (χ3v) is 6.48. The lowest BCUT2D eigenvalue weighted by Crippen LogP contribution is -2.40. The van der Waals surface area contributed by atoms with Crippen molar-refractivity contribution in [2.45, 2.75) is 18.8 Å². The Morgan fingerprint density at radius 3 is 2.89 bits per heavy atom. The molecular weight excluding hydrogens is 444 g/mol. The van der Waals surface area contributed by atoms with Gasteiger partial charge in [-0.3, -0.25) is 9.69 Å². The van der Waals surface area contributed by atoms with Crippen LogP contribution in [0.2, 0.25) is 0 Å². The summed E-state index contributed by atoms with van der Waals surface area (Å²) in [5.41, 5.74) is 1.79. The van der Waals surface area contributed by atoms with Gasteiger partial charge in [0.1, 0.15) is 19.0 Å². The molecule has 0 radical (unpaired) electrons. The first-order chi connectivity index (χ1) is 17.2. The molecule has 0 bridgehead atoms. The van der Waals surface area contributed by atoms with Gasteiger partial charge in [-0.15, -0.1) is 0 Å². The van der Waals surface area contributed by atoms with E-state index in [9.17, 15) is 4.79 Å². The molecule has 1 amide bonds. The van der Waals surface area contributed by atoms with E-state index in [0.29, 0.717) is 44.4 Å². The van der Waals surface area contributed by atoms with Gasteiger partial charge in [-0.2, -0.15) is 0 Å². The van der Waals surface area contributed by atoms with Crippen LogP contribution in [0.5, 0.6) is 11.5 Å². The highest BCUT2D eigenvalue weighted by molar-refractivity contribution is 5.93. The predicted molar refractivity (Wildman–Crippen MR) is 137 cm³/mol. The normalized spacial score (nSPS) is 17.8. The number of amides is 1. The van der Waals surface area contributed by atoms with Gasteiger partial charge >= 0.3 is 0 Å². The number of nitrogens with zero attached hydrogens (tertiary/aromatic N) is 2. The van der Waals surface area contributed by atoms with Gasteiger partial charge in [-0.05, 0) is 43.0 Å². The lowest BCUT2D eigenvalue weighted by molar-refractivity contribution is -0.117. The minimum absolute atomic E-state index is 0.0317. The minimum atomic E-state index is -0.0317. The summed E-state index contributed by atoms with van der Waals surface area (Å²) in [5.74, 6) is 2.52. The third kappa shape index (κ3) is 5.66. The van der Waals surface area contributed by atoms with Crippen molar-refractivity contribution in [1.29, 1.82) is 0 Å². The number of carbonyl (C=O) groups is 1. The second-order valence-corrected chi connectivity index (χ2v) is 9.02. The number of ether oxygens (including phenoxy) is 3. The standard InChI is InChI=1S/C27H32N4O4/c1-33-12-10-28-27-22-7-3-2-5-19(22)15-23(30-27)20-6-4-11-31(17-20)18-26(32)29-21-8-9-24-25(16-21)35-14-13-34-24/h2-3,5,7-9,15-16,20H,4,6,10-14,17-18H2,1H3,(H,28,30)(H,29,32)/t20-/m1/s1. The molecule has 2 N–H and O–H groups in total. The summed E-state index contributed by atoms with van der Waals surface area (Å²) in [4.78, 5) is 20.0. The van der Waals surface area contributed by atoms with Gasteiger partial charge in [0.25, 0.3) is 0 Å². The van der Waals surface area contributed by atoms with Gasteiger partial charge in [0, 0.05) is 49.0 Å². The topological polar surface area (TPSA) is 85.0 Å². The van der Waals surface area contributed by atoms with Gasteiger partial charge in [0.2, 0.25) is 5.91 Å². The molecule has 0 spiro atoms. The molecule has 0 aliphatic carbocycles. The van der Waals surface area contributed by atoms with Crippen LogP contribution in [0, 0.1) is 0 Å². The largest absolute Gasteiger partial charge is 0.486 e. The summed E-state index contributed by atoms with van der Waals surface area (Å²) in [5, 5.41) is 8.71. The molecule has 8 heteroatoms. The monoisotopic (exact) mass is 476 g/mol. The van der Waals surface area contributed by atoms with Crippen molar-refractivity contribution in [2.24, 2.45) is 0 Å². The van der Waals surface area contributed by atoms with Crippen LogP contribution < -0.4 is 20.1 Å². The molecular formula is C27H32N4O4. The van der Waals surface area contributed by atoms with E-state index in [-0.39, 0.29) is 11.8 Å². The maximum Gasteiger partial charge on any atom is 0.238 e. The van der Waals surface area contributed by atoms with Crippen molar-refractivity contribution in [3.63, 3.8) is 0 Å². The summed E-state index contributed by atoms with van der Waals surface area (Å²) < 4.78 is 16.4. The Morgan fingerprint density at radius 2 is 2.00 bits per heavy atom. The summed E-state index contributed by atoms with van der Waals surface area (Å²) in [6.45, 7) is 4.44. The van der Waals surface area contributed by atoms with Gasteiger partial charge in [0.15, 0.2) is 11.5 Å². The van der Waals surface area contributed by atoms with E-state index in [1.807, 2.05) is 24.3 Å². The number of carbonyl (C=O) groups excluding carboxylic acids is 1. The molecule has 0 saturated carbocycles. The average molecular weight is 477 g/mol. The number of hydrogen-bond donors (Lipinski definition) is 2. The van der Waals surface area contributed by atoms with Gasteiger partial charge in [-0.25, -0.2) is 4.98 Å². The molecule has 2 aliphatic rings. The van der Waals surface area contributed by atoms with Crippen molar-refractivity contribution < 1.29 is 19.0 Å². The Kier molecular flexibility index (Phi) is 7.30. The lowest BCUT2D eigenvalue weighted by atomic mass is 9.93. The fraction of sp³-hybridized carbons (Fsp3) is 0.407. The molecule has 1 aromatic heterocycles. The Morgan fingerprint density at radius 1 is 1.14 bits per heavy atom. The second-order valence-electron chi connectivity index (χ2n) is 9.02. The number of pyridine rings is 1. The predicted octanol–water partition coefficient (Wildman–Crippen LogP) is 3.88. The highest BCUT2D eigenvalue weighted by atomic mass is 16.6. The van der Waals surface area contributed by atoms with E-state index in [4.69, 9.17) is 19.2 Å². The maximum absolute atomic E-state index is 12.8. The summed E-state index contributed by atoms with van der Waals surface area (Å²) >= 11 is 0. The molecule has 184 valence electrons. The highest BCUT2D eigenvalue weighted by Crippen LogP contribution is 2.33. The van der Waals surface area contributed by atoms with Crippen molar-refractivity contribution in [3.8, 4) is 11.5 Å². The summed E-state index contributed by atoms with van der Waals surface area (Å²) in [6, 6.07) is 16.0. The number of nitrogens with one attached hydrogen (secondary N) is 2. The zero-order valence-electron chi connectivity index (χ0n) is 20.1. The number of fused-ring (bicyclic) bond motifs is 2. The lowest BCUT2D eigenvalue weighted by Gasteiger charge is -2.32. The Labute approximate surface area is 205 Å². The van der Waals surface area contributed by atoms with E-state index < -0.39 is 0 Å². The van der Waals surface area contributed by atoms with Gasteiger partial charge in [-0.1, -0.05) is 24.3 Å². The van der Waals surface area contributed by atoms with E-state index in [1.165, 1.54) is 5.39 Å². The number of piperidine rings is 1. The molecule has 1 saturated heterocycles. The van der Waals surface area contributed by atoms with Crippen LogP contribution in [0.1, 0.15) is 24.5 Å². The van der Waals surface area contributed by atoms with Crippen molar-refractivity contribution in [1.82, 2.24) is 9.88 Å². The molecule has 3 aromatic rings. The van der Waals surface area contributed by atoms with Crippen LogP contribution in [0.4, 0.5) is 11.5 Å². The average Bonchev–Trinajstić information content (AvgIpc) is 2.88. The van der Waals surface area contributed by atoms with E-state index in [2.05, 4.69) is 39.8 Å². The Bertz CT molecular complexity index is 1190. The SMILES string of the molecule is COCCNc1nc([C@@H]2CCCN(CC(=O)Nc3ccc4c(c3)OCCO4)C2)cc2ccccc12. The van der Waals surface area contributed by atoms with E-state index in [1.54, 1.807) is 7.11 Å². The first kappa shape index (κ1) is 23.4. The molecule has 5 rings (SSSR count). The number of aromatic nitrogens is 1. The van der Waals surface area contributed by atoms with E-state index in [0.717, 1.165) is 48.5 Å².